The van der Waals surface area contributed by atoms with E-state index in [-0.39, 0.29) is 0 Å². The van der Waals surface area contributed by atoms with Gasteiger partial charge in [-0.15, -0.1) is 0 Å². The van der Waals surface area contributed by atoms with E-state index >= 15 is 0 Å². The minimum absolute atomic E-state index is 0.426. The zero-order valence-corrected chi connectivity index (χ0v) is 30.3. The second-order valence-corrected chi connectivity index (χ2v) is 16.2. The largest absolute Gasteiger partial charge is 0.0651 e. The van der Waals surface area contributed by atoms with Gasteiger partial charge in [0, 0.05) is 0 Å². The molecule has 0 saturated heterocycles. The molecule has 0 aliphatic heterocycles. The highest BCUT2D eigenvalue weighted by Gasteiger charge is 2.37. The van der Waals surface area contributed by atoms with Crippen LogP contribution in [0.2, 0.25) is 0 Å². The molecule has 0 heterocycles. The third kappa shape index (κ3) is 9.82. The van der Waals surface area contributed by atoms with Crippen molar-refractivity contribution >= 4 is 0 Å². The predicted octanol–water partition coefficient (Wildman–Crippen LogP) is 12.8. The molecule has 0 aromatic carbocycles. The average Bonchev–Trinajstić information content (AvgIpc) is 2.91. The molecule has 0 fully saturated rings. The molecular weight excluding hydrogens is 456 g/mol. The Kier molecular flexibility index (Phi) is 16.4. The predicted molar refractivity (Wildman–Crippen MR) is 176 cm³/mol. The van der Waals surface area contributed by atoms with Gasteiger partial charge < -0.3 is 0 Å². The number of hydrogen-bond acceptors (Lipinski definition) is 0. The Hall–Kier alpha value is 0. The van der Waals surface area contributed by atoms with Crippen molar-refractivity contribution in [2.75, 3.05) is 0 Å². The van der Waals surface area contributed by atoms with Gasteiger partial charge in [0.2, 0.25) is 0 Å². The van der Waals surface area contributed by atoms with Gasteiger partial charge in [0.05, 0.1) is 0 Å². The maximum Gasteiger partial charge on any atom is -0.0329 e. The summed E-state index contributed by atoms with van der Waals surface area (Å²) in [6.45, 7) is 47.7. The fraction of sp³-hybridized carbons (Fsp3) is 1.00. The highest BCUT2D eigenvalue weighted by atomic mass is 14.4. The molecule has 0 bridgehead atoms. The van der Waals surface area contributed by atoms with Gasteiger partial charge in [-0.3, -0.25) is 0 Å². The summed E-state index contributed by atoms with van der Waals surface area (Å²) in [4.78, 5) is 0. The second-order valence-electron chi connectivity index (χ2n) is 16.2. The van der Waals surface area contributed by atoms with E-state index in [2.05, 4.69) is 132 Å². The van der Waals surface area contributed by atoms with E-state index in [1.165, 1.54) is 19.3 Å². The molecule has 230 valence electrons. The molecule has 0 aromatic rings. The van der Waals surface area contributed by atoms with E-state index in [9.17, 15) is 0 Å². The maximum absolute atomic E-state index is 2.57. The van der Waals surface area contributed by atoms with E-state index in [4.69, 9.17) is 0 Å². The summed E-state index contributed by atoms with van der Waals surface area (Å²) in [6.07, 6.45) is 3.94. The molecule has 0 radical (unpaired) electrons. The monoisotopic (exact) mass is 535 g/mol. The van der Waals surface area contributed by atoms with Crippen molar-refractivity contribution in [1.82, 2.24) is 0 Å². The van der Waals surface area contributed by atoms with Crippen molar-refractivity contribution < 1.29 is 0 Å². The van der Waals surface area contributed by atoms with Gasteiger partial charge in [0.25, 0.3) is 0 Å². The van der Waals surface area contributed by atoms with E-state index in [0.29, 0.717) is 5.41 Å². The summed E-state index contributed by atoms with van der Waals surface area (Å²) in [6, 6.07) is 0. The van der Waals surface area contributed by atoms with Crippen LogP contribution in [-0.4, -0.2) is 0 Å². The highest BCUT2D eigenvalue weighted by molar-refractivity contribution is 4.86. The normalized spacial score (nSPS) is 25.0. The van der Waals surface area contributed by atoms with Gasteiger partial charge in [0.15, 0.2) is 0 Å². The molecule has 0 aliphatic rings. The van der Waals surface area contributed by atoms with Crippen molar-refractivity contribution in [3.8, 4) is 0 Å². The maximum atomic E-state index is 2.57. The van der Waals surface area contributed by atoms with Crippen LogP contribution in [0.4, 0.5) is 0 Å². The minimum Gasteiger partial charge on any atom is -0.0651 e. The van der Waals surface area contributed by atoms with Crippen molar-refractivity contribution in [2.24, 2.45) is 94.2 Å². The molecule has 0 amide bonds. The first-order chi connectivity index (χ1) is 17.3. The van der Waals surface area contributed by atoms with Gasteiger partial charge in [-0.25, -0.2) is 0 Å². The molecule has 0 nitrogen and oxygen atoms in total. The lowest BCUT2D eigenvalue weighted by Gasteiger charge is -2.43. The Balaban J connectivity index is 5.21. The van der Waals surface area contributed by atoms with Crippen LogP contribution in [0.25, 0.3) is 0 Å². The molecule has 0 aromatic heterocycles. The van der Waals surface area contributed by atoms with Gasteiger partial charge in [-0.1, -0.05) is 144 Å². The molecule has 0 spiro atoms. The van der Waals surface area contributed by atoms with Crippen LogP contribution in [0.5, 0.6) is 0 Å². The zero-order valence-electron chi connectivity index (χ0n) is 30.3. The quantitative estimate of drug-likeness (QED) is 0.164. The van der Waals surface area contributed by atoms with Gasteiger partial charge >= 0.3 is 0 Å². The summed E-state index contributed by atoms with van der Waals surface area (Å²) >= 11 is 0. The third-order valence-electron chi connectivity index (χ3n) is 14.5. The molecule has 15 atom stereocenters. The topological polar surface area (TPSA) is 0 Å². The average molecular weight is 535 g/mol. The summed E-state index contributed by atoms with van der Waals surface area (Å²) in [5.74, 6) is 11.7. The van der Waals surface area contributed by atoms with Crippen molar-refractivity contribution in [3.63, 3.8) is 0 Å². The SMILES string of the molecule is CCC(C)C(C)C(C)C(C)C(C)C(C)C(C)CC(C)C(C)C(C)C(C)C(C)C(C)C(C)C(C)C(C)(C)CC. The smallest absolute Gasteiger partial charge is 0.0329 e. The fourth-order valence-corrected chi connectivity index (χ4v) is 7.78. The molecule has 0 N–H and O–H groups in total. The van der Waals surface area contributed by atoms with E-state index in [1.54, 1.807) is 0 Å². The number of rotatable bonds is 18. The molecular formula is C38H78. The van der Waals surface area contributed by atoms with Crippen LogP contribution in [0.15, 0.2) is 0 Å². The number of hydrogen-bond donors (Lipinski definition) is 0. The van der Waals surface area contributed by atoms with Gasteiger partial charge in [-0.05, 0) is 101 Å². The Bertz CT molecular complexity index is 618. The van der Waals surface area contributed by atoms with Gasteiger partial charge in [0.1, 0.15) is 0 Å². The molecule has 0 aliphatic carbocycles. The highest BCUT2D eigenvalue weighted by Crippen LogP contribution is 2.44. The van der Waals surface area contributed by atoms with Crippen LogP contribution < -0.4 is 0 Å². The van der Waals surface area contributed by atoms with Crippen LogP contribution in [-0.2, 0) is 0 Å². The Morgan fingerprint density at radius 3 is 0.921 bits per heavy atom. The van der Waals surface area contributed by atoms with Crippen LogP contribution in [0, 0.1) is 94.2 Å². The molecule has 0 saturated carbocycles. The summed E-state index contributed by atoms with van der Waals surface area (Å²) in [5, 5.41) is 0. The second kappa shape index (κ2) is 16.4. The van der Waals surface area contributed by atoms with Crippen molar-refractivity contribution in [3.05, 3.63) is 0 Å². The zero-order chi connectivity index (χ0) is 30.3. The summed E-state index contributed by atoms with van der Waals surface area (Å²) in [7, 11) is 0. The van der Waals surface area contributed by atoms with Crippen LogP contribution in [0.3, 0.4) is 0 Å². The first kappa shape index (κ1) is 38.0. The lowest BCUT2D eigenvalue weighted by Crippen LogP contribution is -2.36. The van der Waals surface area contributed by atoms with E-state index < -0.39 is 0 Å². The minimum atomic E-state index is 0.426. The Morgan fingerprint density at radius 1 is 0.368 bits per heavy atom. The molecule has 0 heteroatoms. The fourth-order valence-electron chi connectivity index (χ4n) is 7.78. The third-order valence-corrected chi connectivity index (χ3v) is 14.5. The van der Waals surface area contributed by atoms with E-state index in [1.807, 2.05) is 0 Å². The molecule has 15 unspecified atom stereocenters. The van der Waals surface area contributed by atoms with Crippen molar-refractivity contribution in [2.45, 2.75) is 151 Å². The molecule has 0 rings (SSSR count). The van der Waals surface area contributed by atoms with Crippen LogP contribution in [0.1, 0.15) is 151 Å². The standard InChI is InChI=1S/C38H78/c1-20-23(3)26(6)29(9)32(12)30(10)27(7)24(4)22-25(5)28(8)31(11)33(13)34(14)35(15)36(16)37(17)38(18,19)21-2/h23-37H,20-22H2,1-19H3. The van der Waals surface area contributed by atoms with E-state index in [0.717, 1.165) is 88.8 Å². The van der Waals surface area contributed by atoms with Gasteiger partial charge in [-0.2, -0.15) is 0 Å². The first-order valence-electron chi connectivity index (χ1n) is 17.3. The summed E-state index contributed by atoms with van der Waals surface area (Å²) < 4.78 is 0. The first-order valence-corrected chi connectivity index (χ1v) is 17.3. The Morgan fingerprint density at radius 2 is 0.632 bits per heavy atom. The lowest BCUT2D eigenvalue weighted by molar-refractivity contribution is 0.0585. The summed E-state index contributed by atoms with van der Waals surface area (Å²) in [5.41, 5.74) is 0.426. The lowest BCUT2D eigenvalue weighted by atomic mass is 9.62. The Labute approximate surface area is 244 Å². The van der Waals surface area contributed by atoms with Crippen molar-refractivity contribution in [1.29, 1.82) is 0 Å². The van der Waals surface area contributed by atoms with Crippen LogP contribution >= 0.6 is 0 Å². The molecule has 38 heavy (non-hydrogen) atoms.